The molecule has 10 heteroatoms. The molecular formula is C22H22Cl3N5O2. The van der Waals surface area contributed by atoms with Crippen LogP contribution < -0.4 is 15.5 Å². The second-order valence-electron chi connectivity index (χ2n) is 7.61. The Balaban J connectivity index is 1.97. The molecule has 1 aromatic heterocycles. The van der Waals surface area contributed by atoms with Gasteiger partial charge in [0.15, 0.2) is 0 Å². The van der Waals surface area contributed by atoms with Crippen molar-refractivity contribution in [1.29, 1.82) is 0 Å². The van der Waals surface area contributed by atoms with Crippen molar-refractivity contribution in [1.82, 2.24) is 9.97 Å². The van der Waals surface area contributed by atoms with Crippen molar-refractivity contribution < 1.29 is 9.90 Å². The van der Waals surface area contributed by atoms with E-state index in [0.717, 1.165) is 0 Å². The van der Waals surface area contributed by atoms with Crippen LogP contribution in [0.15, 0.2) is 54.7 Å². The minimum absolute atomic E-state index is 0.241. The average Bonchev–Trinajstić information content (AvgIpc) is 2.72. The largest absolute Gasteiger partial charge is 0.388 e. The van der Waals surface area contributed by atoms with E-state index in [2.05, 4.69) is 20.6 Å². The molecule has 168 valence electrons. The molecule has 0 unspecified atom stereocenters. The van der Waals surface area contributed by atoms with E-state index in [1.165, 1.54) is 23.2 Å². The number of halogens is 3. The van der Waals surface area contributed by atoms with Crippen molar-refractivity contribution in [3.63, 3.8) is 0 Å². The maximum atomic E-state index is 13.3. The summed E-state index contributed by atoms with van der Waals surface area (Å²) in [4.78, 5) is 23.4. The van der Waals surface area contributed by atoms with Crippen LogP contribution in [0, 0.1) is 0 Å². The van der Waals surface area contributed by atoms with Crippen molar-refractivity contribution in [2.75, 3.05) is 15.5 Å². The average molecular weight is 495 g/mol. The number of rotatable bonds is 6. The third-order valence-corrected chi connectivity index (χ3v) is 5.78. The fourth-order valence-corrected chi connectivity index (χ4v) is 3.23. The highest BCUT2D eigenvalue weighted by Crippen LogP contribution is 2.33. The molecule has 7 nitrogen and oxygen atoms in total. The lowest BCUT2D eigenvalue weighted by molar-refractivity contribution is 0.0646. The van der Waals surface area contributed by atoms with E-state index in [-0.39, 0.29) is 27.1 Å². The summed E-state index contributed by atoms with van der Waals surface area (Å²) in [6.45, 7) is 5.17. The number of carbonyl (C=O) groups excluding carboxylic acids is 1. The highest BCUT2D eigenvalue weighted by molar-refractivity contribution is 6.44. The molecule has 0 fully saturated rings. The predicted molar refractivity (Wildman–Crippen MR) is 130 cm³/mol. The smallest absolute Gasteiger partial charge is 0.332 e. The Morgan fingerprint density at radius 1 is 1.06 bits per heavy atom. The monoisotopic (exact) mass is 493 g/mol. The molecule has 0 saturated carbocycles. The molecule has 0 bridgehead atoms. The van der Waals surface area contributed by atoms with Crippen molar-refractivity contribution >= 4 is 64.0 Å². The number of urea groups is 1. The highest BCUT2D eigenvalue weighted by Gasteiger charge is 2.25. The summed E-state index contributed by atoms with van der Waals surface area (Å²) in [6, 6.07) is 12.7. The number of benzene rings is 2. The summed E-state index contributed by atoms with van der Waals surface area (Å²) in [5, 5.41) is 16.8. The van der Waals surface area contributed by atoms with Gasteiger partial charge in [0.05, 0.1) is 38.1 Å². The SMILES string of the molecule is C[C@H](Nc1nccc(N(C(=O)Nc2cc(Cl)c(Cl)cc2Cl)c2ccccc2)n1)C(C)(C)O. The number of aromatic nitrogens is 2. The number of anilines is 4. The molecule has 2 amide bonds. The standard InChI is InChI=1S/C22H22Cl3N5O2/c1-13(22(2,3)32)27-20-26-10-9-19(29-20)30(14-7-5-4-6-8-14)21(31)28-18-12-16(24)15(23)11-17(18)25/h4-13,32H,1-3H3,(H,28,31)(H,26,27,29)/t13-/m0/s1. The molecule has 2 aromatic carbocycles. The van der Waals surface area contributed by atoms with Gasteiger partial charge in [0.2, 0.25) is 5.95 Å². The van der Waals surface area contributed by atoms with Crippen molar-refractivity contribution in [3.05, 3.63) is 69.8 Å². The van der Waals surface area contributed by atoms with Crippen LogP contribution in [-0.4, -0.2) is 32.7 Å². The lowest BCUT2D eigenvalue weighted by atomic mass is 10.0. The van der Waals surface area contributed by atoms with Crippen molar-refractivity contribution in [2.45, 2.75) is 32.4 Å². The van der Waals surface area contributed by atoms with Crippen LogP contribution in [0.25, 0.3) is 0 Å². The Morgan fingerprint density at radius 3 is 2.38 bits per heavy atom. The molecule has 0 aliphatic heterocycles. The van der Waals surface area contributed by atoms with Crippen LogP contribution in [0.3, 0.4) is 0 Å². The zero-order valence-electron chi connectivity index (χ0n) is 17.6. The maximum Gasteiger partial charge on any atom is 0.332 e. The number of nitrogens with zero attached hydrogens (tertiary/aromatic N) is 3. The Labute approximate surface area is 201 Å². The van der Waals surface area contributed by atoms with Gasteiger partial charge >= 0.3 is 6.03 Å². The number of hydrogen-bond acceptors (Lipinski definition) is 5. The van der Waals surface area contributed by atoms with Crippen LogP contribution in [0.5, 0.6) is 0 Å². The molecule has 0 spiro atoms. The molecule has 0 radical (unpaired) electrons. The molecule has 0 saturated heterocycles. The lowest BCUT2D eigenvalue weighted by Crippen LogP contribution is -2.40. The van der Waals surface area contributed by atoms with Gasteiger partial charge in [0, 0.05) is 12.3 Å². The summed E-state index contributed by atoms with van der Waals surface area (Å²) >= 11 is 18.3. The third kappa shape index (κ3) is 5.81. The summed E-state index contributed by atoms with van der Waals surface area (Å²) in [7, 11) is 0. The quantitative estimate of drug-likeness (QED) is 0.346. The summed E-state index contributed by atoms with van der Waals surface area (Å²) in [6.07, 6.45) is 1.52. The molecule has 1 heterocycles. The number of para-hydroxylation sites is 1. The van der Waals surface area contributed by atoms with E-state index < -0.39 is 11.6 Å². The van der Waals surface area contributed by atoms with E-state index in [1.807, 2.05) is 13.0 Å². The molecule has 3 aromatic rings. The molecule has 1 atom stereocenters. The molecule has 0 aliphatic carbocycles. The van der Waals surface area contributed by atoms with E-state index in [1.54, 1.807) is 44.2 Å². The first-order valence-corrected chi connectivity index (χ1v) is 10.8. The van der Waals surface area contributed by atoms with Crippen LogP contribution in [0.4, 0.5) is 27.9 Å². The lowest BCUT2D eigenvalue weighted by Gasteiger charge is -2.27. The predicted octanol–water partition coefficient (Wildman–Crippen LogP) is 6.38. The maximum absolute atomic E-state index is 13.3. The highest BCUT2D eigenvalue weighted by atomic mass is 35.5. The van der Waals surface area contributed by atoms with Crippen LogP contribution >= 0.6 is 34.8 Å². The van der Waals surface area contributed by atoms with Gasteiger partial charge in [-0.1, -0.05) is 53.0 Å². The number of amides is 2. The van der Waals surface area contributed by atoms with Gasteiger partial charge in [-0.3, -0.25) is 0 Å². The Hall–Kier alpha value is -2.58. The van der Waals surface area contributed by atoms with E-state index in [0.29, 0.717) is 17.2 Å². The van der Waals surface area contributed by atoms with Crippen LogP contribution in [-0.2, 0) is 0 Å². The van der Waals surface area contributed by atoms with Crippen LogP contribution in [0.1, 0.15) is 20.8 Å². The van der Waals surface area contributed by atoms with Gasteiger partial charge < -0.3 is 15.7 Å². The molecule has 3 N–H and O–H groups in total. The normalized spacial score (nSPS) is 12.2. The number of carbonyl (C=O) groups is 1. The summed E-state index contributed by atoms with van der Waals surface area (Å²) in [5.74, 6) is 0.573. The van der Waals surface area contributed by atoms with Gasteiger partial charge in [-0.2, -0.15) is 4.98 Å². The first kappa shape index (κ1) is 24.1. The van der Waals surface area contributed by atoms with Gasteiger partial charge in [-0.15, -0.1) is 0 Å². The fourth-order valence-electron chi connectivity index (χ4n) is 2.63. The number of hydrogen-bond donors (Lipinski definition) is 3. The minimum Gasteiger partial charge on any atom is -0.388 e. The van der Waals surface area contributed by atoms with Gasteiger partial charge in [0.25, 0.3) is 0 Å². The first-order chi connectivity index (χ1) is 15.1. The van der Waals surface area contributed by atoms with Crippen molar-refractivity contribution in [2.24, 2.45) is 0 Å². The topological polar surface area (TPSA) is 90.4 Å². The Kier molecular flexibility index (Phi) is 7.46. The van der Waals surface area contributed by atoms with Gasteiger partial charge in [0.1, 0.15) is 5.82 Å². The van der Waals surface area contributed by atoms with Gasteiger partial charge in [-0.25, -0.2) is 14.7 Å². The minimum atomic E-state index is -1.000. The number of aliphatic hydroxyl groups is 1. The molecule has 32 heavy (non-hydrogen) atoms. The van der Waals surface area contributed by atoms with E-state index in [4.69, 9.17) is 34.8 Å². The van der Waals surface area contributed by atoms with E-state index >= 15 is 0 Å². The summed E-state index contributed by atoms with van der Waals surface area (Å²) in [5.41, 5.74) is -0.128. The third-order valence-electron chi connectivity index (χ3n) is 4.74. The van der Waals surface area contributed by atoms with Crippen molar-refractivity contribution in [3.8, 4) is 0 Å². The van der Waals surface area contributed by atoms with Gasteiger partial charge in [-0.05, 0) is 45.0 Å². The molecule has 0 aliphatic rings. The second kappa shape index (κ2) is 9.92. The summed E-state index contributed by atoms with van der Waals surface area (Å²) < 4.78 is 0. The Morgan fingerprint density at radius 2 is 1.72 bits per heavy atom. The molecular weight excluding hydrogens is 473 g/mol. The fraction of sp³-hybridized carbons (Fsp3) is 0.227. The Bertz CT molecular complexity index is 1110. The first-order valence-electron chi connectivity index (χ1n) is 9.69. The zero-order valence-corrected chi connectivity index (χ0v) is 19.9. The molecule has 3 rings (SSSR count). The second-order valence-corrected chi connectivity index (χ2v) is 8.83. The van der Waals surface area contributed by atoms with E-state index in [9.17, 15) is 9.90 Å². The van der Waals surface area contributed by atoms with Crippen LogP contribution in [0.2, 0.25) is 15.1 Å². The zero-order chi connectivity index (χ0) is 23.5. The number of nitrogens with one attached hydrogen (secondary N) is 2.